The summed E-state index contributed by atoms with van der Waals surface area (Å²) in [6.45, 7) is 0.755. The van der Waals surface area contributed by atoms with Crippen LogP contribution in [0.15, 0.2) is 42.7 Å². The minimum Gasteiger partial charge on any atom is -0.389 e. The first kappa shape index (κ1) is 16.1. The summed E-state index contributed by atoms with van der Waals surface area (Å²) >= 11 is 0. The molecule has 1 saturated heterocycles. The molecule has 0 bridgehead atoms. The minimum absolute atomic E-state index is 0.0910. The second-order valence-electron chi connectivity index (χ2n) is 5.74. The molecule has 0 spiro atoms. The van der Waals surface area contributed by atoms with Crippen molar-refractivity contribution < 1.29 is 14.7 Å². The van der Waals surface area contributed by atoms with E-state index in [1.807, 2.05) is 6.07 Å². The number of carbonyl (C=O) groups excluding carboxylic acids is 2. The van der Waals surface area contributed by atoms with Crippen LogP contribution in [-0.4, -0.2) is 62.0 Å². The molecule has 1 aliphatic rings. The molecule has 1 aromatic heterocycles. The highest BCUT2D eigenvalue weighted by Gasteiger charge is 2.31. The van der Waals surface area contributed by atoms with Crippen molar-refractivity contribution in [3.63, 3.8) is 0 Å². The maximum atomic E-state index is 12.2. The zero-order valence-corrected chi connectivity index (χ0v) is 13.1. The molecule has 0 radical (unpaired) electrons. The topological polar surface area (TPSA) is 100 Å². The summed E-state index contributed by atoms with van der Waals surface area (Å²) in [5, 5.41) is 20.5. The maximum Gasteiger partial charge on any atom is 0.251 e. The molecule has 0 saturated carbocycles. The number of aliphatic hydroxyl groups is 1. The van der Waals surface area contributed by atoms with Crippen LogP contribution in [0.2, 0.25) is 0 Å². The van der Waals surface area contributed by atoms with Crippen LogP contribution in [0.3, 0.4) is 0 Å². The highest BCUT2D eigenvalue weighted by atomic mass is 16.3. The largest absolute Gasteiger partial charge is 0.389 e. The molecule has 126 valence electrons. The van der Waals surface area contributed by atoms with E-state index in [1.165, 1.54) is 10.9 Å². The Kier molecular flexibility index (Phi) is 4.85. The van der Waals surface area contributed by atoms with Gasteiger partial charge in [-0.05, 0) is 18.6 Å². The van der Waals surface area contributed by atoms with Crippen molar-refractivity contribution in [3.8, 4) is 0 Å². The van der Waals surface area contributed by atoms with E-state index < -0.39 is 6.10 Å². The number of amides is 2. The van der Waals surface area contributed by atoms with E-state index in [-0.39, 0.29) is 30.9 Å². The summed E-state index contributed by atoms with van der Waals surface area (Å²) in [4.78, 5) is 25.9. The van der Waals surface area contributed by atoms with Gasteiger partial charge >= 0.3 is 0 Å². The number of hydrogen-bond donors (Lipinski definition) is 2. The molecular weight excluding hydrogens is 310 g/mol. The average Bonchev–Trinajstić information content (AvgIpc) is 3.10. The third-order valence-electron chi connectivity index (χ3n) is 4.06. The highest BCUT2D eigenvalue weighted by Crippen LogP contribution is 2.13. The molecule has 1 aromatic carbocycles. The van der Waals surface area contributed by atoms with Crippen molar-refractivity contribution in [1.29, 1.82) is 0 Å². The molecule has 2 atom stereocenters. The van der Waals surface area contributed by atoms with E-state index in [0.717, 1.165) is 0 Å². The summed E-state index contributed by atoms with van der Waals surface area (Å²) in [5.41, 5.74) is 0.550. The molecule has 8 nitrogen and oxygen atoms in total. The molecule has 24 heavy (non-hydrogen) atoms. The lowest BCUT2D eigenvalue weighted by Crippen LogP contribution is -2.55. The molecule has 0 aliphatic carbocycles. The normalized spacial score (nSPS) is 20.6. The van der Waals surface area contributed by atoms with Crippen LogP contribution < -0.4 is 5.32 Å². The third kappa shape index (κ3) is 3.77. The molecule has 2 amide bonds. The van der Waals surface area contributed by atoms with Gasteiger partial charge in [-0.3, -0.25) is 9.59 Å². The van der Waals surface area contributed by atoms with Crippen LogP contribution >= 0.6 is 0 Å². The summed E-state index contributed by atoms with van der Waals surface area (Å²) in [7, 11) is 0. The van der Waals surface area contributed by atoms with Gasteiger partial charge in [-0.1, -0.05) is 23.4 Å². The fraction of sp³-hybridized carbons (Fsp3) is 0.375. The van der Waals surface area contributed by atoms with Gasteiger partial charge in [-0.25, -0.2) is 4.68 Å². The number of rotatable bonds is 4. The van der Waals surface area contributed by atoms with E-state index in [0.29, 0.717) is 18.5 Å². The Morgan fingerprint density at radius 3 is 2.75 bits per heavy atom. The number of hydrogen-bond acceptors (Lipinski definition) is 5. The number of aromatic nitrogens is 3. The van der Waals surface area contributed by atoms with Gasteiger partial charge in [0.15, 0.2) is 0 Å². The Labute approximate surface area is 139 Å². The van der Waals surface area contributed by atoms with Crippen molar-refractivity contribution in [1.82, 2.24) is 25.2 Å². The summed E-state index contributed by atoms with van der Waals surface area (Å²) in [5.74, 6) is -0.352. The van der Waals surface area contributed by atoms with Gasteiger partial charge < -0.3 is 15.3 Å². The lowest BCUT2D eigenvalue weighted by molar-refractivity contribution is -0.135. The molecular formula is C16H19N5O3. The first-order valence-electron chi connectivity index (χ1n) is 7.79. The summed E-state index contributed by atoms with van der Waals surface area (Å²) in [6, 6.07) is 8.49. The predicted octanol–water partition coefficient (Wildman–Crippen LogP) is -0.330. The van der Waals surface area contributed by atoms with E-state index in [1.54, 1.807) is 35.4 Å². The van der Waals surface area contributed by atoms with E-state index in [9.17, 15) is 14.7 Å². The van der Waals surface area contributed by atoms with Gasteiger partial charge in [0.05, 0.1) is 18.3 Å². The zero-order valence-electron chi connectivity index (χ0n) is 13.1. The molecule has 2 aromatic rings. The van der Waals surface area contributed by atoms with Crippen LogP contribution in [0.25, 0.3) is 0 Å². The molecule has 2 heterocycles. The number of piperidine rings is 1. The maximum absolute atomic E-state index is 12.2. The van der Waals surface area contributed by atoms with Crippen molar-refractivity contribution in [2.75, 3.05) is 13.1 Å². The predicted molar refractivity (Wildman–Crippen MR) is 84.9 cm³/mol. The van der Waals surface area contributed by atoms with Crippen LogP contribution in [0.4, 0.5) is 0 Å². The number of nitrogens with one attached hydrogen (secondary N) is 1. The zero-order chi connectivity index (χ0) is 16.9. The fourth-order valence-electron chi connectivity index (χ4n) is 2.72. The van der Waals surface area contributed by atoms with Crippen molar-refractivity contribution in [2.45, 2.75) is 25.1 Å². The number of carbonyl (C=O) groups is 2. The number of likely N-dealkylation sites (tertiary alicyclic amines) is 1. The monoisotopic (exact) mass is 329 g/mol. The van der Waals surface area contributed by atoms with Crippen molar-refractivity contribution in [2.24, 2.45) is 0 Å². The average molecular weight is 329 g/mol. The second kappa shape index (κ2) is 7.22. The van der Waals surface area contributed by atoms with Crippen molar-refractivity contribution >= 4 is 11.8 Å². The van der Waals surface area contributed by atoms with Gasteiger partial charge in [0, 0.05) is 24.8 Å². The number of nitrogens with zero attached hydrogens (tertiary/aromatic N) is 4. The third-order valence-corrected chi connectivity index (χ3v) is 4.06. The van der Waals surface area contributed by atoms with Crippen LogP contribution in [-0.2, 0) is 11.3 Å². The van der Waals surface area contributed by atoms with E-state index in [4.69, 9.17) is 0 Å². The lowest BCUT2D eigenvalue weighted by Gasteiger charge is -2.36. The Morgan fingerprint density at radius 1 is 1.29 bits per heavy atom. The molecule has 3 rings (SSSR count). The van der Waals surface area contributed by atoms with Gasteiger partial charge in [0.2, 0.25) is 5.91 Å². The SMILES string of the molecule is O=C(N[C@@H]1CCN(C(=O)Cn2ccnn2)C[C@H]1O)c1ccccc1. The molecule has 1 fully saturated rings. The molecule has 8 heteroatoms. The molecule has 1 aliphatic heterocycles. The summed E-state index contributed by atoms with van der Waals surface area (Å²) < 4.78 is 1.44. The number of aliphatic hydroxyl groups excluding tert-OH is 1. The van der Waals surface area contributed by atoms with Crippen LogP contribution in [0.1, 0.15) is 16.8 Å². The summed E-state index contributed by atoms with van der Waals surface area (Å²) in [6.07, 6.45) is 2.82. The second-order valence-corrected chi connectivity index (χ2v) is 5.74. The van der Waals surface area contributed by atoms with Gasteiger partial charge in [0.1, 0.15) is 6.54 Å². The Hall–Kier alpha value is -2.74. The lowest BCUT2D eigenvalue weighted by atomic mass is 10.0. The van der Waals surface area contributed by atoms with Crippen LogP contribution in [0, 0.1) is 0 Å². The highest BCUT2D eigenvalue weighted by molar-refractivity contribution is 5.94. The quantitative estimate of drug-likeness (QED) is 0.800. The van der Waals surface area contributed by atoms with Crippen LogP contribution in [0.5, 0.6) is 0 Å². The Bertz CT molecular complexity index is 689. The first-order chi connectivity index (χ1) is 11.6. The van der Waals surface area contributed by atoms with Crippen molar-refractivity contribution in [3.05, 3.63) is 48.3 Å². The number of benzene rings is 1. The van der Waals surface area contributed by atoms with Gasteiger partial charge in [-0.15, -0.1) is 5.10 Å². The molecule has 2 N–H and O–H groups in total. The number of β-amino-alcohol motifs (C(OH)–C–C–N with tert-alkyl or cyclic N) is 1. The van der Waals surface area contributed by atoms with E-state index >= 15 is 0 Å². The van der Waals surface area contributed by atoms with E-state index in [2.05, 4.69) is 15.6 Å². The molecule has 0 unspecified atom stereocenters. The standard InChI is InChI=1S/C16H19N5O3/c22-14-10-20(15(23)11-21-9-7-17-19-21)8-6-13(14)18-16(24)12-4-2-1-3-5-12/h1-5,7,9,13-14,22H,6,8,10-11H2,(H,18,24)/t13-,14-/m1/s1. The first-order valence-corrected chi connectivity index (χ1v) is 7.79. The Balaban J connectivity index is 1.53. The van der Waals surface area contributed by atoms with Gasteiger partial charge in [0.25, 0.3) is 5.91 Å². The minimum atomic E-state index is -0.800. The Morgan fingerprint density at radius 2 is 2.08 bits per heavy atom. The van der Waals surface area contributed by atoms with Gasteiger partial charge in [-0.2, -0.15) is 0 Å². The smallest absolute Gasteiger partial charge is 0.251 e. The fourth-order valence-corrected chi connectivity index (χ4v) is 2.72.